The zero-order chi connectivity index (χ0) is 19.6. The van der Waals surface area contributed by atoms with Gasteiger partial charge in [-0.15, -0.1) is 0 Å². The summed E-state index contributed by atoms with van der Waals surface area (Å²) in [6, 6.07) is 8.38. The van der Waals surface area contributed by atoms with Crippen LogP contribution >= 0.6 is 0 Å². The van der Waals surface area contributed by atoms with Gasteiger partial charge in [-0.3, -0.25) is 9.59 Å². The lowest BCUT2D eigenvalue weighted by Gasteiger charge is -2.08. The van der Waals surface area contributed by atoms with Crippen LogP contribution in [0.15, 0.2) is 36.4 Å². The number of carbonyl (C=O) groups excluding carboxylic acids is 2. The molecular formula is C18H14F3N3O3. The molecule has 0 aliphatic heterocycles. The molecule has 0 bridgehead atoms. The van der Waals surface area contributed by atoms with Crippen molar-refractivity contribution in [2.24, 2.45) is 0 Å². The third-order valence-electron chi connectivity index (χ3n) is 3.79. The lowest BCUT2D eigenvalue weighted by Crippen LogP contribution is -2.33. The second-order valence-electron chi connectivity index (χ2n) is 5.59. The molecule has 6 nitrogen and oxygen atoms in total. The van der Waals surface area contributed by atoms with E-state index in [1.54, 1.807) is 24.3 Å². The summed E-state index contributed by atoms with van der Waals surface area (Å²) in [6.07, 6.45) is 0. The minimum absolute atomic E-state index is 0.213. The van der Waals surface area contributed by atoms with Crippen LogP contribution in [0.5, 0.6) is 5.75 Å². The van der Waals surface area contributed by atoms with Crippen molar-refractivity contribution >= 4 is 28.4 Å². The van der Waals surface area contributed by atoms with E-state index in [0.29, 0.717) is 17.3 Å². The number of rotatable bonds is 5. The van der Waals surface area contributed by atoms with E-state index in [0.717, 1.165) is 11.5 Å². The Bertz CT molecular complexity index is 1030. The molecule has 1 aromatic heterocycles. The SMILES string of the molecule is COc1ccc2cc(C(=O)NCC(=O)Nc3ccc(F)c(F)c3F)[nH]c2c1. The summed E-state index contributed by atoms with van der Waals surface area (Å²) < 4.78 is 44.7. The molecular weight excluding hydrogens is 363 g/mol. The third kappa shape index (κ3) is 3.86. The molecule has 0 unspecified atom stereocenters. The standard InChI is InChI=1S/C18H14F3N3O3/c1-27-10-3-2-9-6-14(23-13(9)7-10)18(26)22-8-15(25)24-12-5-4-11(19)16(20)17(12)21/h2-7,23H,8H2,1H3,(H,22,26)(H,24,25). The fraction of sp³-hybridized carbons (Fsp3) is 0.111. The van der Waals surface area contributed by atoms with Crippen LogP contribution in [0.25, 0.3) is 10.9 Å². The number of carbonyl (C=O) groups is 2. The lowest BCUT2D eigenvalue weighted by molar-refractivity contribution is -0.115. The van der Waals surface area contributed by atoms with Crippen molar-refractivity contribution in [2.45, 2.75) is 0 Å². The summed E-state index contributed by atoms with van der Waals surface area (Å²) in [7, 11) is 1.52. The Morgan fingerprint density at radius 3 is 2.59 bits per heavy atom. The zero-order valence-electron chi connectivity index (χ0n) is 14.0. The van der Waals surface area contributed by atoms with Crippen molar-refractivity contribution in [2.75, 3.05) is 19.0 Å². The molecule has 2 aromatic carbocycles. The second kappa shape index (κ2) is 7.40. The molecule has 0 saturated carbocycles. The maximum atomic E-state index is 13.5. The number of aromatic amines is 1. The highest BCUT2D eigenvalue weighted by molar-refractivity contribution is 6.01. The van der Waals surface area contributed by atoms with Crippen LogP contribution in [0.2, 0.25) is 0 Å². The number of fused-ring (bicyclic) bond motifs is 1. The second-order valence-corrected chi connectivity index (χ2v) is 5.59. The minimum Gasteiger partial charge on any atom is -0.497 e. The van der Waals surface area contributed by atoms with Gasteiger partial charge in [-0.1, -0.05) is 0 Å². The number of aromatic nitrogens is 1. The molecule has 0 spiro atoms. The van der Waals surface area contributed by atoms with Crippen LogP contribution in [0.1, 0.15) is 10.5 Å². The van der Waals surface area contributed by atoms with Crippen molar-refractivity contribution in [3.05, 3.63) is 59.5 Å². The van der Waals surface area contributed by atoms with Crippen molar-refractivity contribution in [1.82, 2.24) is 10.3 Å². The van der Waals surface area contributed by atoms with Gasteiger partial charge < -0.3 is 20.4 Å². The first-order valence-corrected chi connectivity index (χ1v) is 7.77. The number of halogens is 3. The number of methoxy groups -OCH3 is 1. The molecule has 3 N–H and O–H groups in total. The van der Waals surface area contributed by atoms with Gasteiger partial charge in [-0.25, -0.2) is 13.2 Å². The highest BCUT2D eigenvalue weighted by Gasteiger charge is 2.16. The predicted octanol–water partition coefficient (Wildman–Crippen LogP) is 2.96. The topological polar surface area (TPSA) is 83.2 Å². The summed E-state index contributed by atoms with van der Waals surface area (Å²) in [5.74, 6) is -5.32. The van der Waals surface area contributed by atoms with Crippen LogP contribution in [0.3, 0.4) is 0 Å². The van der Waals surface area contributed by atoms with Gasteiger partial charge in [0.05, 0.1) is 19.3 Å². The van der Waals surface area contributed by atoms with Gasteiger partial charge in [0.25, 0.3) is 5.91 Å². The van der Waals surface area contributed by atoms with E-state index in [2.05, 4.69) is 15.6 Å². The lowest BCUT2D eigenvalue weighted by atomic mass is 10.2. The van der Waals surface area contributed by atoms with E-state index in [4.69, 9.17) is 4.74 Å². The largest absolute Gasteiger partial charge is 0.497 e. The quantitative estimate of drug-likeness (QED) is 0.598. The van der Waals surface area contributed by atoms with Crippen molar-refractivity contribution in [3.63, 3.8) is 0 Å². The average Bonchev–Trinajstić information content (AvgIpc) is 3.09. The summed E-state index contributed by atoms with van der Waals surface area (Å²) in [4.78, 5) is 26.9. The first-order chi connectivity index (χ1) is 12.9. The Balaban J connectivity index is 1.63. The van der Waals surface area contributed by atoms with Crippen LogP contribution in [-0.2, 0) is 4.79 Å². The van der Waals surface area contributed by atoms with E-state index >= 15 is 0 Å². The number of nitrogens with one attached hydrogen (secondary N) is 3. The van der Waals surface area contributed by atoms with E-state index in [9.17, 15) is 22.8 Å². The molecule has 0 radical (unpaired) electrons. The van der Waals surface area contributed by atoms with Crippen molar-refractivity contribution in [3.8, 4) is 5.75 Å². The van der Waals surface area contributed by atoms with Crippen LogP contribution < -0.4 is 15.4 Å². The van der Waals surface area contributed by atoms with Crippen molar-refractivity contribution in [1.29, 1.82) is 0 Å². The first kappa shape index (κ1) is 18.3. The molecule has 3 rings (SSSR count). The number of amides is 2. The molecule has 0 saturated heterocycles. The van der Waals surface area contributed by atoms with Gasteiger partial charge in [-0.05, 0) is 30.3 Å². The normalized spacial score (nSPS) is 10.7. The number of anilines is 1. The molecule has 27 heavy (non-hydrogen) atoms. The molecule has 9 heteroatoms. The summed E-state index contributed by atoms with van der Waals surface area (Å²) in [5, 5.41) is 5.19. The summed E-state index contributed by atoms with van der Waals surface area (Å²) in [6.45, 7) is -0.490. The third-order valence-corrected chi connectivity index (χ3v) is 3.79. The van der Waals surface area contributed by atoms with Gasteiger partial charge in [0, 0.05) is 17.0 Å². The van der Waals surface area contributed by atoms with Gasteiger partial charge in [0.15, 0.2) is 17.5 Å². The van der Waals surface area contributed by atoms with Gasteiger partial charge in [0.2, 0.25) is 5.91 Å². The van der Waals surface area contributed by atoms with E-state index in [1.807, 2.05) is 0 Å². The number of H-pyrrole nitrogens is 1. The number of hydrogen-bond donors (Lipinski definition) is 3. The van der Waals surface area contributed by atoms with E-state index < -0.39 is 41.5 Å². The fourth-order valence-electron chi connectivity index (χ4n) is 2.43. The molecule has 1 heterocycles. The minimum atomic E-state index is -1.69. The number of benzene rings is 2. The van der Waals surface area contributed by atoms with Crippen LogP contribution in [0, 0.1) is 17.5 Å². The smallest absolute Gasteiger partial charge is 0.268 e. The van der Waals surface area contributed by atoms with E-state index in [1.165, 1.54) is 7.11 Å². The predicted molar refractivity (Wildman–Crippen MR) is 92.1 cm³/mol. The van der Waals surface area contributed by atoms with E-state index in [-0.39, 0.29) is 5.69 Å². The molecule has 0 aliphatic rings. The van der Waals surface area contributed by atoms with Crippen LogP contribution in [-0.4, -0.2) is 30.5 Å². The molecule has 0 atom stereocenters. The van der Waals surface area contributed by atoms with Gasteiger partial charge in [-0.2, -0.15) is 0 Å². The summed E-state index contributed by atoms with van der Waals surface area (Å²) >= 11 is 0. The molecule has 3 aromatic rings. The Morgan fingerprint density at radius 1 is 1.07 bits per heavy atom. The molecule has 0 fully saturated rings. The summed E-state index contributed by atoms with van der Waals surface area (Å²) in [5.41, 5.74) is 0.365. The maximum absolute atomic E-state index is 13.5. The molecule has 2 amide bonds. The first-order valence-electron chi connectivity index (χ1n) is 7.77. The van der Waals surface area contributed by atoms with Crippen molar-refractivity contribution < 1.29 is 27.5 Å². The Morgan fingerprint density at radius 2 is 1.85 bits per heavy atom. The Kier molecular flexibility index (Phi) is 5.02. The van der Waals surface area contributed by atoms with Crippen LogP contribution in [0.4, 0.5) is 18.9 Å². The molecule has 140 valence electrons. The van der Waals surface area contributed by atoms with Gasteiger partial charge in [0.1, 0.15) is 11.4 Å². The number of ether oxygens (including phenoxy) is 1. The number of hydrogen-bond acceptors (Lipinski definition) is 3. The Labute approximate surface area is 151 Å². The zero-order valence-corrected chi connectivity index (χ0v) is 14.0. The molecule has 0 aliphatic carbocycles. The Hall–Kier alpha value is -3.49. The average molecular weight is 377 g/mol. The van der Waals surface area contributed by atoms with Gasteiger partial charge >= 0.3 is 0 Å². The highest BCUT2D eigenvalue weighted by atomic mass is 19.2. The highest BCUT2D eigenvalue weighted by Crippen LogP contribution is 2.21. The maximum Gasteiger partial charge on any atom is 0.268 e. The monoisotopic (exact) mass is 377 g/mol. The fourth-order valence-corrected chi connectivity index (χ4v) is 2.43.